The second kappa shape index (κ2) is 7.15. The summed E-state index contributed by atoms with van der Waals surface area (Å²) >= 11 is 0. The normalized spacial score (nSPS) is 13.9. The Morgan fingerprint density at radius 3 is 2.96 bits per heavy atom. The number of aliphatic hydroxyl groups excluding tert-OH is 1. The van der Waals surface area contributed by atoms with Crippen LogP contribution in [-0.4, -0.2) is 34.4 Å². The molecule has 7 heteroatoms. The van der Waals surface area contributed by atoms with Crippen LogP contribution in [0.5, 0.6) is 11.5 Å². The van der Waals surface area contributed by atoms with Crippen LogP contribution in [0, 0.1) is 0 Å². The van der Waals surface area contributed by atoms with Gasteiger partial charge in [0, 0.05) is 5.39 Å². The summed E-state index contributed by atoms with van der Waals surface area (Å²) in [4.78, 5) is 12.4. The molecule has 26 heavy (non-hydrogen) atoms. The molecule has 0 fully saturated rings. The van der Waals surface area contributed by atoms with Gasteiger partial charge in [0.05, 0.1) is 37.4 Å². The Morgan fingerprint density at radius 2 is 2.04 bits per heavy atom. The molecule has 4 rings (SSSR count). The maximum Gasteiger partial charge on any atom is 0.274 e. The average molecular weight is 354 g/mol. The number of benzene rings is 2. The maximum absolute atomic E-state index is 12.4. The molecule has 1 aliphatic heterocycles. The van der Waals surface area contributed by atoms with E-state index in [2.05, 4.69) is 5.10 Å². The predicted molar refractivity (Wildman–Crippen MR) is 94.2 cm³/mol. The lowest BCUT2D eigenvalue weighted by molar-refractivity contribution is 0.0181. The Balaban J connectivity index is 1.35. The van der Waals surface area contributed by atoms with Crippen molar-refractivity contribution in [1.29, 1.82) is 0 Å². The molecule has 3 aromatic rings. The molecule has 2 heterocycles. The molecule has 0 saturated carbocycles. The summed E-state index contributed by atoms with van der Waals surface area (Å²) in [5.41, 5.74) is 0.695. The Morgan fingerprint density at radius 1 is 1.19 bits per heavy atom. The Kier molecular flexibility index (Phi) is 4.55. The smallest absolute Gasteiger partial charge is 0.274 e. The van der Waals surface area contributed by atoms with Gasteiger partial charge in [-0.05, 0) is 23.8 Å². The highest BCUT2D eigenvalue weighted by atomic mass is 16.7. The van der Waals surface area contributed by atoms with Crippen molar-refractivity contribution >= 4 is 10.8 Å². The number of nitrogens with zero attached hydrogens (tertiary/aromatic N) is 2. The van der Waals surface area contributed by atoms with Crippen LogP contribution in [-0.2, 0) is 17.9 Å². The second-order valence-corrected chi connectivity index (χ2v) is 6.08. The van der Waals surface area contributed by atoms with Gasteiger partial charge in [-0.3, -0.25) is 4.79 Å². The standard InChI is InChI=1S/C19H18N2O5/c22-15(9-21-19(23)16-4-2-1-3-14(16)8-20-21)11-24-10-13-5-6-17-18(7-13)26-12-25-17/h1-8,15,22H,9-12H2/t15-/m1/s1. The van der Waals surface area contributed by atoms with Gasteiger partial charge in [-0.25, -0.2) is 4.68 Å². The Bertz CT molecular complexity index is 985. The molecule has 0 aliphatic carbocycles. The SMILES string of the molecule is O=c1c2ccccc2cnn1C[C@@H](O)COCc1ccc2c(c1)OCO2. The minimum absolute atomic E-state index is 0.0742. The number of hydrogen-bond acceptors (Lipinski definition) is 6. The van der Waals surface area contributed by atoms with Crippen molar-refractivity contribution < 1.29 is 19.3 Å². The molecular formula is C19H18N2O5. The lowest BCUT2D eigenvalue weighted by atomic mass is 10.2. The lowest BCUT2D eigenvalue weighted by Gasteiger charge is -2.13. The monoisotopic (exact) mass is 354 g/mol. The number of aliphatic hydroxyl groups is 1. The van der Waals surface area contributed by atoms with Crippen molar-refractivity contribution in [2.24, 2.45) is 0 Å². The summed E-state index contributed by atoms with van der Waals surface area (Å²) in [6.45, 7) is 0.722. The fourth-order valence-corrected chi connectivity index (χ4v) is 2.85. The molecule has 0 unspecified atom stereocenters. The van der Waals surface area contributed by atoms with Crippen molar-refractivity contribution in [3.63, 3.8) is 0 Å². The minimum Gasteiger partial charge on any atom is -0.454 e. The van der Waals surface area contributed by atoms with Crippen LogP contribution in [0.25, 0.3) is 10.8 Å². The lowest BCUT2D eigenvalue weighted by Crippen LogP contribution is -2.31. The van der Waals surface area contributed by atoms with Gasteiger partial charge in [0.15, 0.2) is 11.5 Å². The van der Waals surface area contributed by atoms with Crippen molar-refractivity contribution in [3.05, 3.63) is 64.6 Å². The third-order valence-corrected chi connectivity index (χ3v) is 4.16. The van der Waals surface area contributed by atoms with Crippen LogP contribution in [0.3, 0.4) is 0 Å². The molecule has 1 aliphatic rings. The first-order chi connectivity index (χ1) is 12.7. The number of hydrogen-bond donors (Lipinski definition) is 1. The molecule has 2 aromatic carbocycles. The van der Waals surface area contributed by atoms with E-state index in [0.717, 1.165) is 16.7 Å². The molecule has 1 N–H and O–H groups in total. The van der Waals surface area contributed by atoms with Crippen LogP contribution in [0.15, 0.2) is 53.5 Å². The highest BCUT2D eigenvalue weighted by Gasteiger charge is 2.14. The first-order valence-corrected chi connectivity index (χ1v) is 8.30. The summed E-state index contributed by atoms with van der Waals surface area (Å²) in [5, 5.41) is 15.6. The number of rotatable bonds is 6. The van der Waals surface area contributed by atoms with E-state index >= 15 is 0 Å². The largest absolute Gasteiger partial charge is 0.454 e. The quantitative estimate of drug-likeness (QED) is 0.726. The van der Waals surface area contributed by atoms with E-state index in [1.807, 2.05) is 30.3 Å². The van der Waals surface area contributed by atoms with Gasteiger partial charge in [0.25, 0.3) is 5.56 Å². The molecule has 0 spiro atoms. The zero-order chi connectivity index (χ0) is 17.9. The summed E-state index contributed by atoms with van der Waals surface area (Å²) in [5.74, 6) is 1.41. The maximum atomic E-state index is 12.4. The van der Waals surface area contributed by atoms with E-state index in [9.17, 15) is 9.90 Å². The zero-order valence-electron chi connectivity index (χ0n) is 14.0. The van der Waals surface area contributed by atoms with Crippen LogP contribution in [0.2, 0.25) is 0 Å². The molecule has 1 aromatic heterocycles. The van der Waals surface area contributed by atoms with Gasteiger partial charge in [0.1, 0.15) is 0 Å². The zero-order valence-corrected chi connectivity index (χ0v) is 14.0. The first-order valence-electron chi connectivity index (χ1n) is 8.30. The fourth-order valence-electron chi connectivity index (χ4n) is 2.85. The van der Waals surface area contributed by atoms with Crippen LogP contribution in [0.4, 0.5) is 0 Å². The van der Waals surface area contributed by atoms with E-state index in [1.165, 1.54) is 4.68 Å². The molecule has 0 radical (unpaired) electrons. The molecule has 0 bridgehead atoms. The van der Waals surface area contributed by atoms with Gasteiger partial charge < -0.3 is 19.3 Å². The van der Waals surface area contributed by atoms with E-state index in [-0.39, 0.29) is 25.5 Å². The molecule has 134 valence electrons. The third-order valence-electron chi connectivity index (χ3n) is 4.16. The first kappa shape index (κ1) is 16.6. The van der Waals surface area contributed by atoms with E-state index in [4.69, 9.17) is 14.2 Å². The van der Waals surface area contributed by atoms with Gasteiger partial charge in [-0.2, -0.15) is 5.10 Å². The molecule has 7 nitrogen and oxygen atoms in total. The fraction of sp³-hybridized carbons (Fsp3) is 0.263. The summed E-state index contributed by atoms with van der Waals surface area (Å²) < 4.78 is 17.4. The topological polar surface area (TPSA) is 82.8 Å². The molecule has 0 saturated heterocycles. The van der Waals surface area contributed by atoms with Crippen LogP contribution < -0.4 is 15.0 Å². The highest BCUT2D eigenvalue weighted by Crippen LogP contribution is 2.32. The van der Waals surface area contributed by atoms with Crippen molar-refractivity contribution in [3.8, 4) is 11.5 Å². The number of fused-ring (bicyclic) bond motifs is 2. The van der Waals surface area contributed by atoms with Gasteiger partial charge in [-0.15, -0.1) is 0 Å². The van der Waals surface area contributed by atoms with Gasteiger partial charge in [0.2, 0.25) is 6.79 Å². The Labute approximate surface area is 149 Å². The van der Waals surface area contributed by atoms with E-state index < -0.39 is 6.10 Å². The third kappa shape index (κ3) is 3.40. The predicted octanol–water partition coefficient (Wildman–Crippen LogP) is 1.70. The summed E-state index contributed by atoms with van der Waals surface area (Å²) in [6.07, 6.45) is 0.784. The molecule has 0 amide bonds. The minimum atomic E-state index is -0.838. The van der Waals surface area contributed by atoms with Crippen LogP contribution >= 0.6 is 0 Å². The summed E-state index contributed by atoms with van der Waals surface area (Å²) in [7, 11) is 0. The summed E-state index contributed by atoms with van der Waals surface area (Å²) in [6, 6.07) is 12.8. The second-order valence-electron chi connectivity index (χ2n) is 6.08. The number of ether oxygens (including phenoxy) is 3. The van der Waals surface area contributed by atoms with Crippen LogP contribution in [0.1, 0.15) is 5.56 Å². The Hall–Kier alpha value is -2.90. The van der Waals surface area contributed by atoms with E-state index in [0.29, 0.717) is 17.7 Å². The molecule has 1 atom stereocenters. The van der Waals surface area contributed by atoms with E-state index in [1.54, 1.807) is 18.3 Å². The van der Waals surface area contributed by atoms with Crippen molar-refractivity contribution in [2.75, 3.05) is 13.4 Å². The van der Waals surface area contributed by atoms with Gasteiger partial charge >= 0.3 is 0 Å². The van der Waals surface area contributed by atoms with Crippen molar-refractivity contribution in [2.45, 2.75) is 19.3 Å². The average Bonchev–Trinajstić information content (AvgIpc) is 3.12. The van der Waals surface area contributed by atoms with Gasteiger partial charge in [-0.1, -0.05) is 24.3 Å². The van der Waals surface area contributed by atoms with Crippen molar-refractivity contribution in [1.82, 2.24) is 9.78 Å². The number of aromatic nitrogens is 2. The highest BCUT2D eigenvalue weighted by molar-refractivity contribution is 5.80. The molecular weight excluding hydrogens is 336 g/mol.